The van der Waals surface area contributed by atoms with Gasteiger partial charge < -0.3 is 18.9 Å². The highest BCUT2D eigenvalue weighted by molar-refractivity contribution is 6.13. The van der Waals surface area contributed by atoms with E-state index in [1.807, 2.05) is 20.8 Å². The average molecular weight is 380 g/mol. The molecule has 0 aromatic rings. The Morgan fingerprint density at radius 2 is 1.33 bits per heavy atom. The molecule has 0 heterocycles. The zero-order valence-electron chi connectivity index (χ0n) is 17.4. The predicted octanol–water partition coefficient (Wildman–Crippen LogP) is 3.89. The van der Waals surface area contributed by atoms with Crippen LogP contribution in [0.25, 0.3) is 0 Å². The lowest BCUT2D eigenvalue weighted by molar-refractivity contribution is -0.164. The van der Waals surface area contributed by atoms with E-state index in [4.69, 9.17) is 18.9 Å². The van der Waals surface area contributed by atoms with Gasteiger partial charge in [-0.05, 0) is 47.1 Å². The van der Waals surface area contributed by atoms with Crippen LogP contribution in [-0.2, 0) is 28.5 Å². The second-order valence-corrected chi connectivity index (χ2v) is 6.96. The maximum Gasteiger partial charge on any atom is 0.345 e. The van der Waals surface area contributed by atoms with Gasteiger partial charge in [-0.25, -0.2) is 9.59 Å². The molecule has 0 rings (SSSR count). The van der Waals surface area contributed by atoms with E-state index < -0.39 is 23.1 Å². The Hall–Kier alpha value is -2.34. The molecule has 0 saturated carbocycles. The van der Waals surface area contributed by atoms with E-state index in [-0.39, 0.29) is 18.8 Å². The molecule has 6 heteroatoms. The minimum atomic E-state index is -1.01. The van der Waals surface area contributed by atoms with Gasteiger partial charge in [-0.3, -0.25) is 0 Å². The van der Waals surface area contributed by atoms with Crippen molar-refractivity contribution in [3.63, 3.8) is 0 Å². The van der Waals surface area contributed by atoms with Gasteiger partial charge in [0.2, 0.25) is 0 Å². The van der Waals surface area contributed by atoms with Gasteiger partial charge in [0.25, 0.3) is 0 Å². The van der Waals surface area contributed by atoms with Crippen molar-refractivity contribution >= 4 is 11.9 Å². The van der Waals surface area contributed by atoms with Crippen molar-refractivity contribution in [3.8, 4) is 0 Å². The van der Waals surface area contributed by atoms with Gasteiger partial charge in [0.1, 0.15) is 16.9 Å². The van der Waals surface area contributed by atoms with Gasteiger partial charge in [-0.1, -0.05) is 26.3 Å². The van der Waals surface area contributed by atoms with Crippen molar-refractivity contribution in [3.05, 3.63) is 48.8 Å². The summed E-state index contributed by atoms with van der Waals surface area (Å²) in [7, 11) is 0. The zero-order valence-corrected chi connectivity index (χ0v) is 17.4. The zero-order chi connectivity index (χ0) is 21.4. The lowest BCUT2D eigenvalue weighted by Gasteiger charge is -2.34. The molecule has 0 N–H and O–H groups in total. The van der Waals surface area contributed by atoms with Gasteiger partial charge >= 0.3 is 11.9 Å². The smallest absolute Gasteiger partial charge is 0.345 e. The summed E-state index contributed by atoms with van der Waals surface area (Å²) in [5.41, 5.74) is -1.04. The first-order valence-corrected chi connectivity index (χ1v) is 8.73. The summed E-state index contributed by atoms with van der Waals surface area (Å²) >= 11 is 0. The first-order valence-electron chi connectivity index (χ1n) is 8.73. The number of hydrogen-bond acceptors (Lipinski definition) is 6. The van der Waals surface area contributed by atoms with E-state index in [1.165, 1.54) is 0 Å². The monoisotopic (exact) mass is 380 g/mol. The average Bonchev–Trinajstić information content (AvgIpc) is 2.58. The number of hydrogen-bond donors (Lipinski definition) is 0. The third-order valence-electron chi connectivity index (χ3n) is 3.66. The number of rotatable bonds is 12. The molecule has 0 aromatic heterocycles. The molecule has 0 unspecified atom stereocenters. The molecule has 0 bridgehead atoms. The minimum Gasteiger partial charge on any atom is -0.494 e. The molecule has 0 aromatic carbocycles. The Kier molecular flexibility index (Phi) is 9.24. The summed E-state index contributed by atoms with van der Waals surface area (Å²) in [6, 6.07) is 0. The summed E-state index contributed by atoms with van der Waals surface area (Å²) < 4.78 is 21.3. The summed E-state index contributed by atoms with van der Waals surface area (Å²) in [5, 5.41) is 0. The molecule has 152 valence electrons. The normalized spacial score (nSPS) is 11.3. The highest BCUT2D eigenvalue weighted by atomic mass is 16.6. The first-order chi connectivity index (χ1) is 12.3. The van der Waals surface area contributed by atoms with E-state index in [1.54, 1.807) is 20.8 Å². The van der Waals surface area contributed by atoms with E-state index in [0.717, 1.165) is 0 Å². The number of carbonyl (C=O) groups is 2. The van der Waals surface area contributed by atoms with E-state index in [2.05, 4.69) is 26.3 Å². The fourth-order valence-electron chi connectivity index (χ4n) is 1.88. The Labute approximate surface area is 162 Å². The highest BCUT2D eigenvalue weighted by Crippen LogP contribution is 2.30. The van der Waals surface area contributed by atoms with Crippen LogP contribution < -0.4 is 0 Å². The molecule has 0 spiro atoms. The van der Waals surface area contributed by atoms with Crippen LogP contribution in [-0.4, -0.2) is 43.0 Å². The van der Waals surface area contributed by atoms with Gasteiger partial charge in [-0.15, -0.1) is 0 Å². The van der Waals surface area contributed by atoms with Gasteiger partial charge in [0, 0.05) is 5.57 Å². The van der Waals surface area contributed by atoms with Crippen LogP contribution in [0.5, 0.6) is 0 Å². The summed E-state index contributed by atoms with van der Waals surface area (Å²) in [6.45, 7) is 26.3. The van der Waals surface area contributed by atoms with Gasteiger partial charge in [0.05, 0.1) is 25.4 Å². The summed E-state index contributed by atoms with van der Waals surface area (Å²) in [5.74, 6) is -1.23. The minimum absolute atomic E-state index is 0.0508. The second-order valence-electron chi connectivity index (χ2n) is 6.96. The van der Waals surface area contributed by atoms with Gasteiger partial charge in [0.15, 0.2) is 0 Å². The predicted molar refractivity (Wildman–Crippen MR) is 105 cm³/mol. The fraction of sp³-hybridized carbons (Fsp3) is 0.524. The molecule has 6 nitrogen and oxygen atoms in total. The van der Waals surface area contributed by atoms with Crippen LogP contribution in [0, 0.1) is 0 Å². The number of carbonyl (C=O) groups excluding carboxylic acids is 2. The molecule has 0 amide bonds. The molecule has 0 fully saturated rings. The molecule has 27 heavy (non-hydrogen) atoms. The third-order valence-corrected chi connectivity index (χ3v) is 3.66. The van der Waals surface area contributed by atoms with E-state index in [9.17, 15) is 9.59 Å². The second kappa shape index (κ2) is 10.1. The lowest BCUT2D eigenvalue weighted by Crippen LogP contribution is -2.40. The molecule has 0 aliphatic heterocycles. The Bertz CT molecular complexity index is 625. The maximum absolute atomic E-state index is 12.1. The highest BCUT2D eigenvalue weighted by Gasteiger charge is 2.32. The topological polar surface area (TPSA) is 71.1 Å². The maximum atomic E-state index is 12.1. The van der Waals surface area contributed by atoms with Crippen molar-refractivity contribution in [2.45, 2.75) is 52.7 Å². The largest absolute Gasteiger partial charge is 0.494 e. The Morgan fingerprint density at radius 1 is 0.815 bits per heavy atom. The van der Waals surface area contributed by atoms with Crippen LogP contribution in [0.15, 0.2) is 48.8 Å². The lowest BCUT2D eigenvalue weighted by atomic mass is 9.92. The van der Waals surface area contributed by atoms with Crippen molar-refractivity contribution < 1.29 is 28.5 Å². The third kappa shape index (κ3) is 7.83. The number of allylic oxidation sites excluding steroid dienone is 1. The van der Waals surface area contributed by atoms with Gasteiger partial charge in [-0.2, -0.15) is 0 Å². The molecular formula is C21H32O6. The van der Waals surface area contributed by atoms with Crippen LogP contribution in [0.2, 0.25) is 0 Å². The van der Waals surface area contributed by atoms with Crippen molar-refractivity contribution in [2.24, 2.45) is 0 Å². The van der Waals surface area contributed by atoms with Crippen LogP contribution in [0.3, 0.4) is 0 Å². The van der Waals surface area contributed by atoms with Crippen molar-refractivity contribution in [1.82, 2.24) is 0 Å². The fourth-order valence-corrected chi connectivity index (χ4v) is 1.88. The van der Waals surface area contributed by atoms with Crippen LogP contribution >= 0.6 is 0 Å². The number of esters is 2. The van der Waals surface area contributed by atoms with E-state index in [0.29, 0.717) is 23.5 Å². The molecule has 0 saturated heterocycles. The Balaban J connectivity index is 4.90. The molecule has 0 atom stereocenters. The molecule has 0 aliphatic carbocycles. The summed E-state index contributed by atoms with van der Waals surface area (Å²) in [6.07, 6.45) is 0. The molecule has 0 aliphatic rings. The Morgan fingerprint density at radius 3 is 1.81 bits per heavy atom. The molecular weight excluding hydrogens is 348 g/mol. The quantitative estimate of drug-likeness (QED) is 0.128. The molecule has 0 radical (unpaired) electrons. The summed E-state index contributed by atoms with van der Waals surface area (Å²) in [4.78, 5) is 23.6. The van der Waals surface area contributed by atoms with Crippen LogP contribution in [0.1, 0.15) is 41.5 Å². The first kappa shape index (κ1) is 24.7. The van der Waals surface area contributed by atoms with Crippen LogP contribution in [0.4, 0.5) is 0 Å². The standard InChI is InChI=1S/C21H32O6/c1-11-24-17(6)14(3)16(5)21(9,10)26-13-20(7,8)27-19(23)15(4)18(22)25-12-2/h3-6,11-13H2,1-2,7-10H3. The van der Waals surface area contributed by atoms with E-state index >= 15 is 0 Å². The van der Waals surface area contributed by atoms with Crippen molar-refractivity contribution in [1.29, 1.82) is 0 Å². The number of ether oxygens (including phenoxy) is 4. The SMILES string of the molecule is C=C(OCC)C(=C)C(=C)C(C)(C)OCC(C)(C)OC(=O)C(=C)C(=O)OCC. The van der Waals surface area contributed by atoms with Crippen molar-refractivity contribution in [2.75, 3.05) is 19.8 Å².